The first-order valence-corrected chi connectivity index (χ1v) is 10.5. The third-order valence-corrected chi connectivity index (χ3v) is 5.13. The van der Waals surface area contributed by atoms with Gasteiger partial charge in [0.05, 0.1) is 19.4 Å². The molecule has 3 aromatic carbocycles. The van der Waals surface area contributed by atoms with Gasteiger partial charge in [0.15, 0.2) is 0 Å². The van der Waals surface area contributed by atoms with Crippen LogP contribution in [0.4, 0.5) is 5.69 Å². The van der Waals surface area contributed by atoms with Gasteiger partial charge >= 0.3 is 0 Å². The number of aryl methyl sites for hydroxylation is 1. The van der Waals surface area contributed by atoms with Gasteiger partial charge in [0.25, 0.3) is 5.91 Å². The van der Waals surface area contributed by atoms with Crippen molar-refractivity contribution in [3.63, 3.8) is 0 Å². The molecule has 158 valence electrons. The number of carbonyl (C=O) groups excluding carboxylic acids is 1. The molecule has 31 heavy (non-hydrogen) atoms. The molecule has 1 aromatic heterocycles. The molecule has 4 rings (SSSR count). The fraction of sp³-hybridized carbons (Fsp3) is 0.200. The molecule has 0 aliphatic carbocycles. The van der Waals surface area contributed by atoms with Crippen molar-refractivity contribution < 1.29 is 9.53 Å². The summed E-state index contributed by atoms with van der Waals surface area (Å²) in [6.45, 7) is 5.76. The number of hydrogen-bond donors (Lipinski definition) is 2. The van der Waals surface area contributed by atoms with Gasteiger partial charge < -0.3 is 14.6 Å². The van der Waals surface area contributed by atoms with E-state index in [4.69, 9.17) is 4.74 Å². The summed E-state index contributed by atoms with van der Waals surface area (Å²) in [7, 11) is 0. The normalized spacial score (nSPS) is 11.3. The third-order valence-electron chi connectivity index (χ3n) is 5.13. The fourth-order valence-corrected chi connectivity index (χ4v) is 3.73. The lowest BCUT2D eigenvalue weighted by molar-refractivity contribution is -0.119. The molecule has 0 bridgehead atoms. The second-order valence-electron chi connectivity index (χ2n) is 7.14. The van der Waals surface area contributed by atoms with Crippen molar-refractivity contribution in [1.82, 2.24) is 9.99 Å². The molecule has 1 amide bonds. The van der Waals surface area contributed by atoms with Gasteiger partial charge in [0.1, 0.15) is 5.75 Å². The van der Waals surface area contributed by atoms with Crippen molar-refractivity contribution >= 4 is 39.6 Å². The number of amides is 1. The molecule has 0 spiro atoms. The van der Waals surface area contributed by atoms with Gasteiger partial charge in [0.2, 0.25) is 0 Å². The van der Waals surface area contributed by atoms with Gasteiger partial charge in [-0.25, -0.2) is 5.43 Å². The van der Waals surface area contributed by atoms with Gasteiger partial charge in [-0.05, 0) is 61.9 Å². The summed E-state index contributed by atoms with van der Waals surface area (Å²) in [5, 5.41) is 9.59. The Balaban J connectivity index is 1.39. The molecular formula is C25H26N4O2. The minimum absolute atomic E-state index is 0.133. The maximum absolute atomic E-state index is 12.1. The minimum atomic E-state index is -0.214. The summed E-state index contributed by atoms with van der Waals surface area (Å²) in [6, 6.07) is 22.1. The predicted molar refractivity (Wildman–Crippen MR) is 127 cm³/mol. The molecule has 0 aliphatic heterocycles. The Morgan fingerprint density at radius 1 is 1.00 bits per heavy atom. The van der Waals surface area contributed by atoms with Crippen LogP contribution in [-0.4, -0.2) is 29.8 Å². The highest BCUT2D eigenvalue weighted by atomic mass is 16.5. The van der Waals surface area contributed by atoms with Crippen molar-refractivity contribution in [2.45, 2.75) is 20.4 Å². The number of fused-ring (bicyclic) bond motifs is 3. The summed E-state index contributed by atoms with van der Waals surface area (Å²) >= 11 is 0. The highest BCUT2D eigenvalue weighted by Crippen LogP contribution is 2.29. The average Bonchev–Trinajstić information content (AvgIpc) is 3.12. The van der Waals surface area contributed by atoms with E-state index in [1.165, 1.54) is 21.8 Å². The van der Waals surface area contributed by atoms with Crippen LogP contribution in [0.25, 0.3) is 21.8 Å². The maximum Gasteiger partial charge on any atom is 0.259 e. The molecule has 0 saturated heterocycles. The molecule has 0 fully saturated rings. The average molecular weight is 415 g/mol. The lowest BCUT2D eigenvalue weighted by atomic mass is 10.1. The highest BCUT2D eigenvalue weighted by molar-refractivity contribution is 6.09. The summed E-state index contributed by atoms with van der Waals surface area (Å²) in [4.78, 5) is 12.1. The van der Waals surface area contributed by atoms with Crippen molar-refractivity contribution in [2.24, 2.45) is 5.10 Å². The fourth-order valence-electron chi connectivity index (χ4n) is 3.73. The van der Waals surface area contributed by atoms with Crippen LogP contribution in [0.5, 0.6) is 5.75 Å². The SMILES string of the molecule is CCOc1ccc(NCC(=O)N/N=C/c2ccc3c(c2)c2ccccc2n3CC)cc1. The van der Waals surface area contributed by atoms with Crippen molar-refractivity contribution in [3.05, 3.63) is 72.3 Å². The Hall–Kier alpha value is -3.80. The Kier molecular flexibility index (Phi) is 6.17. The predicted octanol–water partition coefficient (Wildman–Crippen LogP) is 4.78. The van der Waals surface area contributed by atoms with E-state index in [1.54, 1.807) is 6.21 Å². The number of rotatable bonds is 8. The highest BCUT2D eigenvalue weighted by Gasteiger charge is 2.09. The quantitative estimate of drug-likeness (QED) is 0.322. The number of benzene rings is 3. The number of nitrogens with zero attached hydrogens (tertiary/aromatic N) is 2. The standard InChI is InChI=1S/C25H26N4O2/c1-3-29-23-8-6-5-7-21(23)22-15-18(9-14-24(22)29)16-27-28-25(30)17-26-19-10-12-20(13-11-19)31-4-2/h5-16,26H,3-4,17H2,1-2H3,(H,28,30)/b27-16+. The molecule has 0 radical (unpaired) electrons. The van der Waals surface area contributed by atoms with Crippen LogP contribution < -0.4 is 15.5 Å². The van der Waals surface area contributed by atoms with E-state index in [2.05, 4.69) is 63.7 Å². The van der Waals surface area contributed by atoms with Crippen LogP contribution in [0, 0.1) is 0 Å². The summed E-state index contributed by atoms with van der Waals surface area (Å²) in [6.07, 6.45) is 1.67. The van der Waals surface area contributed by atoms with Crippen LogP contribution in [-0.2, 0) is 11.3 Å². The molecule has 0 unspecified atom stereocenters. The van der Waals surface area contributed by atoms with E-state index in [9.17, 15) is 4.79 Å². The first-order chi connectivity index (χ1) is 15.2. The molecular weight excluding hydrogens is 388 g/mol. The molecule has 1 heterocycles. The topological polar surface area (TPSA) is 67.7 Å². The van der Waals surface area contributed by atoms with E-state index in [0.29, 0.717) is 6.61 Å². The number of carbonyl (C=O) groups is 1. The number of aromatic nitrogens is 1. The molecule has 0 atom stereocenters. The molecule has 6 heteroatoms. The van der Waals surface area contributed by atoms with E-state index < -0.39 is 0 Å². The smallest absolute Gasteiger partial charge is 0.259 e. The lowest BCUT2D eigenvalue weighted by Crippen LogP contribution is -2.25. The molecule has 4 aromatic rings. The van der Waals surface area contributed by atoms with Crippen LogP contribution in [0.3, 0.4) is 0 Å². The largest absolute Gasteiger partial charge is 0.494 e. The van der Waals surface area contributed by atoms with Gasteiger partial charge in [0, 0.05) is 34.0 Å². The third kappa shape index (κ3) is 4.53. The number of hydrogen-bond acceptors (Lipinski definition) is 4. The Morgan fingerprint density at radius 3 is 2.55 bits per heavy atom. The van der Waals surface area contributed by atoms with Crippen LogP contribution in [0.15, 0.2) is 71.8 Å². The number of hydrazone groups is 1. The van der Waals surface area contributed by atoms with Gasteiger partial charge in [-0.2, -0.15) is 5.10 Å². The number of nitrogens with one attached hydrogen (secondary N) is 2. The van der Waals surface area contributed by atoms with E-state index >= 15 is 0 Å². The zero-order valence-electron chi connectivity index (χ0n) is 17.8. The Morgan fingerprint density at radius 2 is 1.77 bits per heavy atom. The van der Waals surface area contributed by atoms with Crippen molar-refractivity contribution in [1.29, 1.82) is 0 Å². The Labute approximate surface area is 181 Å². The van der Waals surface area contributed by atoms with E-state index in [0.717, 1.165) is 23.5 Å². The number of para-hydroxylation sites is 1. The van der Waals surface area contributed by atoms with E-state index in [-0.39, 0.29) is 12.5 Å². The zero-order chi connectivity index (χ0) is 21.6. The summed E-state index contributed by atoms with van der Waals surface area (Å²) < 4.78 is 7.72. The first kappa shape index (κ1) is 20.5. The van der Waals surface area contributed by atoms with Crippen LogP contribution >= 0.6 is 0 Å². The second-order valence-corrected chi connectivity index (χ2v) is 7.14. The minimum Gasteiger partial charge on any atom is -0.494 e. The van der Waals surface area contributed by atoms with Crippen LogP contribution in [0.2, 0.25) is 0 Å². The Bertz CT molecular complexity index is 1230. The summed E-state index contributed by atoms with van der Waals surface area (Å²) in [5.74, 6) is 0.593. The van der Waals surface area contributed by atoms with E-state index in [1.807, 2.05) is 37.3 Å². The first-order valence-electron chi connectivity index (χ1n) is 10.5. The van der Waals surface area contributed by atoms with Crippen molar-refractivity contribution in [2.75, 3.05) is 18.5 Å². The monoisotopic (exact) mass is 414 g/mol. The van der Waals surface area contributed by atoms with Crippen molar-refractivity contribution in [3.8, 4) is 5.75 Å². The van der Waals surface area contributed by atoms with Gasteiger partial charge in [-0.3, -0.25) is 4.79 Å². The second kappa shape index (κ2) is 9.34. The summed E-state index contributed by atoms with van der Waals surface area (Å²) in [5.41, 5.74) is 6.78. The zero-order valence-corrected chi connectivity index (χ0v) is 17.8. The number of ether oxygens (including phenoxy) is 1. The molecule has 0 aliphatic rings. The maximum atomic E-state index is 12.1. The molecule has 6 nitrogen and oxygen atoms in total. The van der Waals surface area contributed by atoms with Gasteiger partial charge in [-0.1, -0.05) is 24.3 Å². The van der Waals surface area contributed by atoms with Gasteiger partial charge in [-0.15, -0.1) is 0 Å². The lowest BCUT2D eigenvalue weighted by Gasteiger charge is -2.07. The number of anilines is 1. The molecule has 2 N–H and O–H groups in total. The molecule has 0 saturated carbocycles. The van der Waals surface area contributed by atoms with Crippen LogP contribution in [0.1, 0.15) is 19.4 Å².